The van der Waals surface area contributed by atoms with Crippen LogP contribution in [0.3, 0.4) is 0 Å². The quantitative estimate of drug-likeness (QED) is 0.577. The van der Waals surface area contributed by atoms with Crippen molar-refractivity contribution < 1.29 is 14.3 Å². The van der Waals surface area contributed by atoms with Crippen LogP contribution in [0.1, 0.15) is 5.56 Å². The summed E-state index contributed by atoms with van der Waals surface area (Å²) < 4.78 is 11.1. The highest BCUT2D eigenvalue weighted by Crippen LogP contribution is 2.28. The second kappa shape index (κ2) is 8.41. The summed E-state index contributed by atoms with van der Waals surface area (Å²) in [5.41, 5.74) is 1.91. The molecule has 4 heteroatoms. The van der Waals surface area contributed by atoms with Gasteiger partial charge in [0.15, 0.2) is 18.1 Å². The molecule has 1 amide bonds. The molecule has 0 aliphatic rings. The van der Waals surface area contributed by atoms with Crippen LogP contribution in [0, 0.1) is 0 Å². The summed E-state index contributed by atoms with van der Waals surface area (Å²) in [5.74, 6) is 1.02. The zero-order valence-corrected chi connectivity index (χ0v) is 15.6. The third-order valence-electron chi connectivity index (χ3n) is 4.45. The number of anilines is 1. The molecule has 0 saturated heterocycles. The Kier molecular flexibility index (Phi) is 5.77. The Morgan fingerprint density at radius 3 is 2.56 bits per heavy atom. The zero-order valence-electron chi connectivity index (χ0n) is 15.6. The number of allylic oxidation sites excluding steroid dienone is 1. The molecule has 0 radical (unpaired) electrons. The lowest BCUT2D eigenvalue weighted by molar-refractivity contribution is -0.120. The summed E-state index contributed by atoms with van der Waals surface area (Å²) in [6, 6.07) is 19.7. The molecule has 27 heavy (non-hydrogen) atoms. The molecule has 0 aromatic heterocycles. The molecule has 0 atom stereocenters. The minimum absolute atomic E-state index is 0.0690. The second-order valence-corrected chi connectivity index (χ2v) is 6.25. The molecule has 3 aromatic rings. The smallest absolute Gasteiger partial charge is 0.264 e. The highest BCUT2D eigenvalue weighted by atomic mass is 16.5. The van der Waals surface area contributed by atoms with Crippen LogP contribution >= 0.6 is 0 Å². The van der Waals surface area contributed by atoms with Crippen LogP contribution in [0.2, 0.25) is 0 Å². The van der Waals surface area contributed by atoms with Gasteiger partial charge in [0.2, 0.25) is 0 Å². The average molecular weight is 361 g/mol. The molecular weight excluding hydrogens is 338 g/mol. The molecule has 0 N–H and O–H groups in total. The van der Waals surface area contributed by atoms with Gasteiger partial charge in [0.25, 0.3) is 5.91 Å². The Labute approximate surface area is 159 Å². The van der Waals surface area contributed by atoms with E-state index in [1.54, 1.807) is 19.1 Å². The Balaban J connectivity index is 1.70. The van der Waals surface area contributed by atoms with E-state index in [9.17, 15) is 4.79 Å². The summed E-state index contributed by atoms with van der Waals surface area (Å²) >= 11 is 0. The van der Waals surface area contributed by atoms with Gasteiger partial charge in [0.1, 0.15) is 0 Å². The zero-order chi connectivity index (χ0) is 19.2. The maximum absolute atomic E-state index is 12.6. The number of methoxy groups -OCH3 is 1. The molecule has 0 bridgehead atoms. The standard InChI is InChI=1S/C23H23NO3/c1-4-7-17-10-13-21(22(14-17)26-3)27-16-23(25)24(2)20-12-11-18-8-5-6-9-19(18)15-20/h4-6,8-15H,1,7,16H2,2-3H3. The van der Waals surface area contributed by atoms with Crippen LogP contribution in [0.15, 0.2) is 73.3 Å². The van der Waals surface area contributed by atoms with E-state index < -0.39 is 0 Å². The predicted molar refractivity (Wildman–Crippen MR) is 110 cm³/mol. The first-order valence-electron chi connectivity index (χ1n) is 8.78. The van der Waals surface area contributed by atoms with E-state index >= 15 is 0 Å². The Hall–Kier alpha value is -3.27. The fraction of sp³-hybridized carbons (Fsp3) is 0.174. The van der Waals surface area contributed by atoms with E-state index in [-0.39, 0.29) is 12.5 Å². The molecule has 0 aliphatic heterocycles. The molecule has 0 saturated carbocycles. The van der Waals surface area contributed by atoms with Crippen LogP contribution in [0.25, 0.3) is 10.8 Å². The van der Waals surface area contributed by atoms with Gasteiger partial charge >= 0.3 is 0 Å². The summed E-state index contributed by atoms with van der Waals surface area (Å²) in [6.45, 7) is 3.67. The number of carbonyl (C=O) groups excluding carboxylic acids is 1. The van der Waals surface area contributed by atoms with Crippen molar-refractivity contribution in [2.45, 2.75) is 6.42 Å². The minimum atomic E-state index is -0.137. The molecular formula is C23H23NO3. The maximum atomic E-state index is 12.6. The fourth-order valence-electron chi connectivity index (χ4n) is 2.89. The predicted octanol–water partition coefficient (Wildman–Crippen LogP) is 4.62. The van der Waals surface area contributed by atoms with Crippen molar-refractivity contribution in [1.82, 2.24) is 0 Å². The summed E-state index contributed by atoms with van der Waals surface area (Å²) in [7, 11) is 3.34. The number of hydrogen-bond acceptors (Lipinski definition) is 3. The van der Waals surface area contributed by atoms with Gasteiger partial charge in [0.05, 0.1) is 7.11 Å². The normalized spacial score (nSPS) is 10.4. The highest BCUT2D eigenvalue weighted by molar-refractivity contribution is 5.96. The summed E-state index contributed by atoms with van der Waals surface area (Å²) in [4.78, 5) is 14.2. The van der Waals surface area contributed by atoms with Crippen LogP contribution in [0.4, 0.5) is 5.69 Å². The molecule has 3 rings (SSSR count). The molecule has 4 nitrogen and oxygen atoms in total. The first kappa shape index (κ1) is 18.5. The lowest BCUT2D eigenvalue weighted by Gasteiger charge is -2.19. The Morgan fingerprint density at radius 2 is 1.81 bits per heavy atom. The molecule has 0 heterocycles. The maximum Gasteiger partial charge on any atom is 0.264 e. The highest BCUT2D eigenvalue weighted by Gasteiger charge is 2.14. The number of nitrogens with zero attached hydrogens (tertiary/aromatic N) is 1. The van der Waals surface area contributed by atoms with Crippen LogP contribution in [0.5, 0.6) is 11.5 Å². The van der Waals surface area contributed by atoms with Crippen molar-refractivity contribution in [3.8, 4) is 11.5 Å². The van der Waals surface area contributed by atoms with E-state index in [1.807, 2.05) is 66.7 Å². The molecule has 0 spiro atoms. The van der Waals surface area contributed by atoms with Crippen LogP contribution in [-0.4, -0.2) is 26.7 Å². The lowest BCUT2D eigenvalue weighted by Crippen LogP contribution is -2.31. The van der Waals surface area contributed by atoms with Crippen molar-refractivity contribution in [3.05, 3.63) is 78.9 Å². The largest absolute Gasteiger partial charge is 0.493 e. The first-order valence-corrected chi connectivity index (χ1v) is 8.78. The van der Waals surface area contributed by atoms with E-state index in [4.69, 9.17) is 9.47 Å². The summed E-state index contributed by atoms with van der Waals surface area (Å²) in [6.07, 6.45) is 2.58. The number of fused-ring (bicyclic) bond motifs is 1. The van der Waals surface area contributed by atoms with Gasteiger partial charge < -0.3 is 14.4 Å². The van der Waals surface area contributed by atoms with Crippen LogP contribution in [-0.2, 0) is 11.2 Å². The number of carbonyl (C=O) groups is 1. The SMILES string of the molecule is C=CCc1ccc(OCC(=O)N(C)c2ccc3ccccc3c2)c(OC)c1. The number of benzene rings is 3. The molecule has 0 aliphatic carbocycles. The average Bonchev–Trinajstić information content (AvgIpc) is 2.71. The van der Waals surface area contributed by atoms with Crippen molar-refractivity contribution in [3.63, 3.8) is 0 Å². The Bertz CT molecular complexity index is 965. The van der Waals surface area contributed by atoms with Crippen molar-refractivity contribution in [1.29, 1.82) is 0 Å². The molecule has 3 aromatic carbocycles. The van der Waals surface area contributed by atoms with Crippen molar-refractivity contribution >= 4 is 22.4 Å². The molecule has 138 valence electrons. The minimum Gasteiger partial charge on any atom is -0.493 e. The van der Waals surface area contributed by atoms with Gasteiger partial charge in [-0.05, 0) is 47.0 Å². The molecule has 0 unspecified atom stereocenters. The molecule has 0 fully saturated rings. The lowest BCUT2D eigenvalue weighted by atomic mass is 10.1. The Morgan fingerprint density at radius 1 is 1.04 bits per heavy atom. The van der Waals surface area contributed by atoms with Gasteiger partial charge in [-0.3, -0.25) is 4.79 Å². The van der Waals surface area contributed by atoms with Crippen molar-refractivity contribution in [2.75, 3.05) is 25.7 Å². The van der Waals surface area contributed by atoms with E-state index in [0.717, 1.165) is 28.4 Å². The number of ether oxygens (including phenoxy) is 2. The third-order valence-corrected chi connectivity index (χ3v) is 4.45. The third kappa shape index (κ3) is 4.29. The van der Waals surface area contributed by atoms with Crippen LogP contribution < -0.4 is 14.4 Å². The first-order chi connectivity index (χ1) is 13.1. The van der Waals surface area contributed by atoms with Gasteiger partial charge in [0, 0.05) is 12.7 Å². The van der Waals surface area contributed by atoms with E-state index in [0.29, 0.717) is 11.5 Å². The van der Waals surface area contributed by atoms with Gasteiger partial charge in [-0.1, -0.05) is 42.5 Å². The van der Waals surface area contributed by atoms with Crippen molar-refractivity contribution in [2.24, 2.45) is 0 Å². The van der Waals surface area contributed by atoms with Gasteiger partial charge in [-0.15, -0.1) is 6.58 Å². The van der Waals surface area contributed by atoms with E-state index in [2.05, 4.69) is 6.58 Å². The number of rotatable bonds is 7. The monoisotopic (exact) mass is 361 g/mol. The summed E-state index contributed by atoms with van der Waals surface area (Å²) in [5, 5.41) is 2.23. The number of likely N-dealkylation sites (N-methyl/N-ethyl adjacent to an activating group) is 1. The number of amides is 1. The fourth-order valence-corrected chi connectivity index (χ4v) is 2.89. The van der Waals surface area contributed by atoms with E-state index in [1.165, 1.54) is 0 Å². The topological polar surface area (TPSA) is 38.8 Å². The van der Waals surface area contributed by atoms with Gasteiger partial charge in [-0.25, -0.2) is 0 Å². The number of hydrogen-bond donors (Lipinski definition) is 0. The second-order valence-electron chi connectivity index (χ2n) is 6.25. The van der Waals surface area contributed by atoms with Gasteiger partial charge in [-0.2, -0.15) is 0 Å².